The Morgan fingerprint density at radius 1 is 1.03 bits per heavy atom. The molecule has 0 amide bonds. The van der Waals surface area contributed by atoms with Crippen molar-refractivity contribution in [2.45, 2.75) is 19.8 Å². The van der Waals surface area contributed by atoms with Gasteiger partial charge in [-0.15, -0.1) is 0 Å². The number of fused-ring (bicyclic) bond motifs is 1. The van der Waals surface area contributed by atoms with E-state index in [1.54, 1.807) is 16.5 Å². The number of halogens is 1. The van der Waals surface area contributed by atoms with Crippen molar-refractivity contribution < 1.29 is 4.42 Å². The van der Waals surface area contributed by atoms with Crippen LogP contribution in [0.5, 0.6) is 0 Å². The third kappa shape index (κ3) is 2.96. The second-order valence-corrected chi connectivity index (χ2v) is 7.83. The first kappa shape index (κ1) is 19.9. The Bertz CT molecular complexity index is 1380. The van der Waals surface area contributed by atoms with E-state index in [9.17, 15) is 5.26 Å². The van der Waals surface area contributed by atoms with E-state index >= 15 is 0 Å². The molecule has 7 nitrogen and oxygen atoms in total. The summed E-state index contributed by atoms with van der Waals surface area (Å²) in [7, 11) is 0. The summed E-state index contributed by atoms with van der Waals surface area (Å²) in [5, 5.41) is 15.0. The zero-order valence-corrected chi connectivity index (χ0v) is 18.2. The van der Waals surface area contributed by atoms with E-state index in [4.69, 9.17) is 21.8 Å². The van der Waals surface area contributed by atoms with Crippen molar-refractivity contribution in [1.29, 1.82) is 5.26 Å². The summed E-state index contributed by atoms with van der Waals surface area (Å²) >= 11 is 6.65. The maximum atomic E-state index is 10.2. The topological polar surface area (TPSA) is 96.9 Å². The molecule has 0 saturated carbocycles. The van der Waals surface area contributed by atoms with E-state index in [2.05, 4.69) is 16.2 Å². The van der Waals surface area contributed by atoms with Crippen LogP contribution in [0.4, 0.5) is 11.6 Å². The molecule has 4 aromatic rings. The maximum Gasteiger partial charge on any atom is 0.230 e. The van der Waals surface area contributed by atoms with Gasteiger partial charge in [-0.2, -0.15) is 10.4 Å². The molecule has 0 saturated heterocycles. The average Bonchev–Trinajstić information content (AvgIpc) is 3.32. The lowest BCUT2D eigenvalue weighted by Gasteiger charge is -2.31. The van der Waals surface area contributed by atoms with E-state index in [0.29, 0.717) is 28.6 Å². The number of anilines is 2. The molecule has 3 heterocycles. The summed E-state index contributed by atoms with van der Waals surface area (Å²) in [4.78, 5) is 6.35. The first-order chi connectivity index (χ1) is 15.5. The lowest BCUT2D eigenvalue weighted by molar-refractivity contribution is 0.522. The third-order valence-corrected chi connectivity index (χ3v) is 5.84. The number of nitrogens with two attached hydrogens (primary N) is 1. The quantitative estimate of drug-likeness (QED) is 0.473. The van der Waals surface area contributed by atoms with Crippen LogP contribution >= 0.6 is 11.6 Å². The maximum absolute atomic E-state index is 10.2. The van der Waals surface area contributed by atoms with Gasteiger partial charge < -0.3 is 10.2 Å². The summed E-state index contributed by atoms with van der Waals surface area (Å²) in [5.74, 6) is 0.614. The van der Waals surface area contributed by atoms with E-state index < -0.39 is 5.92 Å². The van der Waals surface area contributed by atoms with E-state index in [1.807, 2.05) is 67.6 Å². The summed E-state index contributed by atoms with van der Waals surface area (Å²) < 4.78 is 7.74. The van der Waals surface area contributed by atoms with Crippen molar-refractivity contribution in [3.63, 3.8) is 0 Å². The number of hydrogen-bond acceptors (Lipinski definition) is 6. The number of para-hydroxylation sites is 2. The molecule has 1 atom stereocenters. The first-order valence-corrected chi connectivity index (χ1v) is 10.4. The van der Waals surface area contributed by atoms with Gasteiger partial charge in [0.05, 0.1) is 28.9 Å². The van der Waals surface area contributed by atoms with Crippen LogP contribution in [0.3, 0.4) is 0 Å². The number of nitrogens with zero attached hydrogens (tertiary/aromatic N) is 5. The van der Waals surface area contributed by atoms with Crippen molar-refractivity contribution in [3.8, 4) is 11.8 Å². The predicted molar refractivity (Wildman–Crippen MR) is 122 cm³/mol. The molecule has 32 heavy (non-hydrogen) atoms. The fraction of sp³-hybridized carbons (Fsp3) is 0.125. The van der Waals surface area contributed by atoms with Gasteiger partial charge in [-0.1, -0.05) is 48.0 Å². The van der Waals surface area contributed by atoms with Crippen LogP contribution in [0.25, 0.3) is 5.69 Å². The van der Waals surface area contributed by atoms with Crippen molar-refractivity contribution in [3.05, 3.63) is 100 Å². The van der Waals surface area contributed by atoms with E-state index in [0.717, 1.165) is 17.1 Å². The van der Waals surface area contributed by atoms with Gasteiger partial charge in [-0.05, 0) is 31.2 Å². The lowest BCUT2D eigenvalue weighted by atomic mass is 9.86. The predicted octanol–water partition coefficient (Wildman–Crippen LogP) is 5.11. The highest BCUT2D eigenvalue weighted by molar-refractivity contribution is 6.30. The van der Waals surface area contributed by atoms with Gasteiger partial charge in [-0.3, -0.25) is 4.90 Å². The zero-order chi connectivity index (χ0) is 22.4. The fourth-order valence-corrected chi connectivity index (χ4v) is 4.48. The highest BCUT2D eigenvalue weighted by atomic mass is 35.5. The standard InChI is InChI=1S/C24H19ClN6O/c1-14-19(22(25)29-31(14)17-11-7-4-8-12-17)20-18(13-26)23(27)30(16-9-5-3-6-10-16)24-21(20)28-15(2)32-24/h3-12,20H,27H2,1-2H3/t20-/m1/s1. The molecule has 2 N–H and O–H groups in total. The van der Waals surface area contributed by atoms with Gasteiger partial charge in [0.25, 0.3) is 0 Å². The van der Waals surface area contributed by atoms with Gasteiger partial charge in [0.2, 0.25) is 5.88 Å². The Morgan fingerprint density at radius 2 is 1.66 bits per heavy atom. The monoisotopic (exact) mass is 442 g/mol. The first-order valence-electron chi connectivity index (χ1n) is 10.0. The molecule has 0 spiro atoms. The Morgan fingerprint density at radius 3 is 2.28 bits per heavy atom. The molecular weight excluding hydrogens is 424 g/mol. The van der Waals surface area contributed by atoms with Crippen LogP contribution in [-0.2, 0) is 0 Å². The van der Waals surface area contributed by atoms with E-state index in [-0.39, 0.29) is 11.0 Å². The summed E-state index contributed by atoms with van der Waals surface area (Å²) in [6.45, 7) is 3.69. The molecular formula is C24H19ClN6O. The molecule has 158 valence electrons. The Balaban J connectivity index is 1.75. The fourth-order valence-electron chi connectivity index (χ4n) is 4.16. The number of rotatable bonds is 3. The van der Waals surface area contributed by atoms with Crippen LogP contribution in [0.15, 0.2) is 76.5 Å². The second-order valence-electron chi connectivity index (χ2n) is 7.48. The zero-order valence-electron chi connectivity index (χ0n) is 17.5. The molecule has 1 aliphatic heterocycles. The number of oxazole rings is 1. The highest BCUT2D eigenvalue weighted by Gasteiger charge is 2.41. The largest absolute Gasteiger partial charge is 0.424 e. The highest BCUT2D eigenvalue weighted by Crippen LogP contribution is 2.48. The lowest BCUT2D eigenvalue weighted by Crippen LogP contribution is -2.31. The van der Waals surface area contributed by atoms with Crippen molar-refractivity contribution in [2.24, 2.45) is 5.73 Å². The third-order valence-electron chi connectivity index (χ3n) is 5.57. The normalized spacial score (nSPS) is 15.6. The minimum absolute atomic E-state index is 0.273. The van der Waals surface area contributed by atoms with Crippen LogP contribution in [0.1, 0.15) is 28.8 Å². The van der Waals surface area contributed by atoms with Crippen molar-refractivity contribution >= 4 is 23.2 Å². The Kier molecular flexibility index (Phi) is 4.72. The van der Waals surface area contributed by atoms with Crippen LogP contribution in [0, 0.1) is 25.2 Å². The van der Waals surface area contributed by atoms with Gasteiger partial charge >= 0.3 is 0 Å². The smallest absolute Gasteiger partial charge is 0.230 e. The van der Waals surface area contributed by atoms with Gasteiger partial charge in [0.15, 0.2) is 11.0 Å². The van der Waals surface area contributed by atoms with Crippen LogP contribution in [-0.4, -0.2) is 14.8 Å². The Labute approximate surface area is 190 Å². The molecule has 0 radical (unpaired) electrons. The molecule has 2 aromatic heterocycles. The average molecular weight is 443 g/mol. The van der Waals surface area contributed by atoms with Crippen LogP contribution < -0.4 is 10.6 Å². The number of aryl methyl sites for hydroxylation is 1. The van der Waals surface area contributed by atoms with Gasteiger partial charge in [-0.25, -0.2) is 9.67 Å². The molecule has 2 aromatic carbocycles. The summed E-state index contributed by atoms with van der Waals surface area (Å²) in [6.07, 6.45) is 0. The number of aromatic nitrogens is 3. The Hall–Kier alpha value is -4.02. The number of allylic oxidation sites excluding steroid dienone is 1. The SMILES string of the molecule is Cc1nc2c(o1)N(c1ccccc1)C(N)=C(C#N)[C@@H]2c1c(Cl)nn(-c2ccccc2)c1C. The minimum Gasteiger partial charge on any atom is -0.424 e. The van der Waals surface area contributed by atoms with Crippen LogP contribution in [0.2, 0.25) is 5.15 Å². The summed E-state index contributed by atoms with van der Waals surface area (Å²) in [6, 6.07) is 21.5. The number of benzene rings is 2. The molecule has 5 rings (SSSR count). The van der Waals surface area contributed by atoms with Gasteiger partial charge in [0, 0.05) is 18.2 Å². The minimum atomic E-state index is -0.600. The molecule has 0 unspecified atom stereocenters. The van der Waals surface area contributed by atoms with E-state index in [1.165, 1.54) is 0 Å². The molecule has 8 heteroatoms. The van der Waals surface area contributed by atoms with Crippen molar-refractivity contribution in [2.75, 3.05) is 4.90 Å². The second kappa shape index (κ2) is 7.59. The molecule has 0 fully saturated rings. The molecule has 0 bridgehead atoms. The number of hydrogen-bond donors (Lipinski definition) is 1. The molecule has 1 aliphatic rings. The molecule has 0 aliphatic carbocycles. The summed E-state index contributed by atoms with van der Waals surface area (Å²) in [5.41, 5.74) is 10.6. The van der Waals surface area contributed by atoms with Gasteiger partial charge in [0.1, 0.15) is 11.5 Å². The van der Waals surface area contributed by atoms with Crippen molar-refractivity contribution in [1.82, 2.24) is 14.8 Å². The number of nitriles is 1.